The van der Waals surface area contributed by atoms with Gasteiger partial charge in [-0.1, -0.05) is 67.1 Å². The van der Waals surface area contributed by atoms with E-state index in [0.29, 0.717) is 38.9 Å². The molecule has 0 aromatic heterocycles. The Morgan fingerprint density at radius 1 is 1.21 bits per heavy atom. The second-order valence-electron chi connectivity index (χ2n) is 7.90. The number of carbonyl (C=O) groups is 2. The second kappa shape index (κ2) is 9.08. The third-order valence-corrected chi connectivity index (χ3v) is 5.77. The minimum Gasteiger partial charge on any atom is -0.352 e. The molecule has 0 radical (unpaired) electrons. The van der Waals surface area contributed by atoms with E-state index < -0.39 is 5.41 Å². The molecule has 0 aliphatic carbocycles. The van der Waals surface area contributed by atoms with Crippen LogP contribution in [0.1, 0.15) is 30.9 Å². The van der Waals surface area contributed by atoms with Crippen molar-refractivity contribution >= 4 is 11.8 Å². The van der Waals surface area contributed by atoms with Gasteiger partial charge in [-0.2, -0.15) is 0 Å². The third kappa shape index (κ3) is 4.58. The van der Waals surface area contributed by atoms with Gasteiger partial charge >= 0.3 is 0 Å². The van der Waals surface area contributed by atoms with Crippen LogP contribution in [0.2, 0.25) is 0 Å². The van der Waals surface area contributed by atoms with Gasteiger partial charge in [0.15, 0.2) is 0 Å². The van der Waals surface area contributed by atoms with E-state index in [1.54, 1.807) is 6.08 Å². The van der Waals surface area contributed by atoms with E-state index in [9.17, 15) is 9.59 Å². The zero-order chi connectivity index (χ0) is 20.9. The zero-order valence-corrected chi connectivity index (χ0v) is 17.4. The van der Waals surface area contributed by atoms with Crippen molar-refractivity contribution in [3.8, 4) is 11.1 Å². The Morgan fingerprint density at radius 3 is 2.72 bits per heavy atom. The van der Waals surface area contributed by atoms with Crippen LogP contribution in [0.4, 0.5) is 0 Å². The van der Waals surface area contributed by atoms with Crippen LogP contribution in [0.15, 0.2) is 61.2 Å². The van der Waals surface area contributed by atoms with Crippen molar-refractivity contribution in [2.45, 2.75) is 33.1 Å². The summed E-state index contributed by atoms with van der Waals surface area (Å²) in [5.74, 6) is 0.109. The van der Waals surface area contributed by atoms with Gasteiger partial charge in [0.1, 0.15) is 0 Å². The molecule has 1 aliphatic rings. The topological polar surface area (TPSA) is 49.4 Å². The number of rotatable bonds is 7. The number of hydrogen-bond acceptors (Lipinski definition) is 2. The summed E-state index contributed by atoms with van der Waals surface area (Å²) in [4.78, 5) is 27.3. The molecule has 2 amide bonds. The molecule has 4 heteroatoms. The first-order chi connectivity index (χ1) is 14.0. The maximum atomic E-state index is 13.2. The SMILES string of the molecule is C=CCNC(=O)[C@@]1(Cc2ccccc2-c2cccc(C)c2)CCN(C(=O)CC)C1. The zero-order valence-electron chi connectivity index (χ0n) is 17.4. The average molecular weight is 391 g/mol. The minimum absolute atomic E-state index is 0.00264. The predicted octanol–water partition coefficient (Wildman–Crippen LogP) is 4.14. The summed E-state index contributed by atoms with van der Waals surface area (Å²) in [6, 6.07) is 16.7. The molecule has 0 unspecified atom stereocenters. The number of amides is 2. The Morgan fingerprint density at radius 2 is 2.00 bits per heavy atom. The van der Waals surface area contributed by atoms with Gasteiger partial charge in [0.25, 0.3) is 0 Å². The summed E-state index contributed by atoms with van der Waals surface area (Å²) in [7, 11) is 0. The quantitative estimate of drug-likeness (QED) is 0.723. The molecule has 2 aromatic rings. The van der Waals surface area contributed by atoms with Crippen LogP contribution < -0.4 is 5.32 Å². The van der Waals surface area contributed by atoms with Gasteiger partial charge in [-0.05, 0) is 36.5 Å². The molecular formula is C25H30N2O2. The number of aryl methyl sites for hydroxylation is 1. The number of hydrogen-bond donors (Lipinski definition) is 1. The molecule has 0 saturated carbocycles. The highest BCUT2D eigenvalue weighted by Gasteiger charge is 2.45. The molecular weight excluding hydrogens is 360 g/mol. The van der Waals surface area contributed by atoms with Crippen molar-refractivity contribution in [1.82, 2.24) is 10.2 Å². The van der Waals surface area contributed by atoms with Crippen LogP contribution in [0, 0.1) is 12.3 Å². The number of nitrogens with zero attached hydrogens (tertiary/aromatic N) is 1. The molecule has 4 nitrogen and oxygen atoms in total. The van der Waals surface area contributed by atoms with Gasteiger partial charge in [0, 0.05) is 26.1 Å². The van der Waals surface area contributed by atoms with Crippen molar-refractivity contribution < 1.29 is 9.59 Å². The Kier molecular flexibility index (Phi) is 6.53. The second-order valence-corrected chi connectivity index (χ2v) is 7.90. The third-order valence-electron chi connectivity index (χ3n) is 5.77. The molecule has 29 heavy (non-hydrogen) atoms. The normalized spacial score (nSPS) is 18.5. The molecule has 1 fully saturated rings. The Labute approximate surface area is 173 Å². The molecule has 1 saturated heterocycles. The molecule has 152 valence electrons. The lowest BCUT2D eigenvalue weighted by atomic mass is 9.78. The molecule has 2 aromatic carbocycles. The maximum Gasteiger partial charge on any atom is 0.228 e. The fourth-order valence-corrected chi connectivity index (χ4v) is 4.20. The van der Waals surface area contributed by atoms with Crippen LogP contribution in [-0.4, -0.2) is 36.3 Å². The van der Waals surface area contributed by atoms with Crippen LogP contribution in [0.3, 0.4) is 0 Å². The largest absolute Gasteiger partial charge is 0.352 e. The standard InChI is InChI=1S/C25H30N2O2/c1-4-14-26-24(29)25(13-15-27(18-25)23(28)5-2)17-21-10-6-7-12-22(21)20-11-8-9-19(3)16-20/h4,6-12,16H,1,5,13-15,17-18H2,2-3H3,(H,26,29)/t25-/m1/s1. The maximum absolute atomic E-state index is 13.2. The highest BCUT2D eigenvalue weighted by Crippen LogP contribution is 2.38. The Balaban J connectivity index is 1.96. The van der Waals surface area contributed by atoms with Gasteiger partial charge in [0.05, 0.1) is 5.41 Å². The van der Waals surface area contributed by atoms with Crippen LogP contribution in [0.25, 0.3) is 11.1 Å². The van der Waals surface area contributed by atoms with Crippen LogP contribution in [-0.2, 0) is 16.0 Å². The minimum atomic E-state index is -0.617. The smallest absolute Gasteiger partial charge is 0.228 e. The van der Waals surface area contributed by atoms with Crippen molar-refractivity contribution in [2.24, 2.45) is 5.41 Å². The van der Waals surface area contributed by atoms with E-state index in [4.69, 9.17) is 0 Å². The first kappa shape index (κ1) is 20.8. The monoisotopic (exact) mass is 390 g/mol. The molecule has 0 bridgehead atoms. The number of carbonyl (C=O) groups excluding carboxylic acids is 2. The van der Waals surface area contributed by atoms with Crippen molar-refractivity contribution in [3.05, 3.63) is 72.3 Å². The average Bonchev–Trinajstić information content (AvgIpc) is 3.17. The first-order valence-corrected chi connectivity index (χ1v) is 10.3. The highest BCUT2D eigenvalue weighted by atomic mass is 16.2. The lowest BCUT2D eigenvalue weighted by Crippen LogP contribution is -2.45. The molecule has 3 rings (SSSR count). The summed E-state index contributed by atoms with van der Waals surface area (Å²) >= 11 is 0. The summed E-state index contributed by atoms with van der Waals surface area (Å²) in [6.07, 6.45) is 3.43. The fourth-order valence-electron chi connectivity index (χ4n) is 4.20. The Bertz CT molecular complexity index is 905. The van der Waals surface area contributed by atoms with E-state index in [2.05, 4.69) is 55.2 Å². The molecule has 1 atom stereocenters. The lowest BCUT2D eigenvalue weighted by molar-refractivity contribution is -0.133. The number of nitrogens with one attached hydrogen (secondary N) is 1. The molecule has 1 N–H and O–H groups in total. The van der Waals surface area contributed by atoms with Gasteiger partial charge < -0.3 is 10.2 Å². The fraction of sp³-hybridized carbons (Fsp3) is 0.360. The lowest BCUT2D eigenvalue weighted by Gasteiger charge is -2.29. The van der Waals surface area contributed by atoms with Crippen molar-refractivity contribution in [3.63, 3.8) is 0 Å². The molecule has 1 heterocycles. The predicted molar refractivity (Wildman–Crippen MR) is 117 cm³/mol. The van der Waals surface area contributed by atoms with Gasteiger partial charge in [0.2, 0.25) is 11.8 Å². The van der Waals surface area contributed by atoms with Crippen LogP contribution >= 0.6 is 0 Å². The number of likely N-dealkylation sites (tertiary alicyclic amines) is 1. The van der Waals surface area contributed by atoms with Gasteiger partial charge in [-0.15, -0.1) is 6.58 Å². The van der Waals surface area contributed by atoms with Gasteiger partial charge in [-0.25, -0.2) is 0 Å². The van der Waals surface area contributed by atoms with Crippen molar-refractivity contribution in [1.29, 1.82) is 0 Å². The van der Waals surface area contributed by atoms with E-state index in [0.717, 1.165) is 16.7 Å². The summed E-state index contributed by atoms with van der Waals surface area (Å²) in [6.45, 7) is 9.18. The number of benzene rings is 2. The molecule has 0 spiro atoms. The highest BCUT2D eigenvalue weighted by molar-refractivity contribution is 5.86. The summed E-state index contributed by atoms with van der Waals surface area (Å²) < 4.78 is 0. The first-order valence-electron chi connectivity index (χ1n) is 10.3. The van der Waals surface area contributed by atoms with E-state index in [1.807, 2.05) is 24.0 Å². The van der Waals surface area contributed by atoms with Crippen molar-refractivity contribution in [2.75, 3.05) is 19.6 Å². The van der Waals surface area contributed by atoms with E-state index in [1.165, 1.54) is 5.56 Å². The Hall–Kier alpha value is -2.88. The van der Waals surface area contributed by atoms with Gasteiger partial charge in [-0.3, -0.25) is 9.59 Å². The summed E-state index contributed by atoms with van der Waals surface area (Å²) in [5.41, 5.74) is 4.02. The summed E-state index contributed by atoms with van der Waals surface area (Å²) in [5, 5.41) is 2.99. The van der Waals surface area contributed by atoms with E-state index in [-0.39, 0.29) is 11.8 Å². The van der Waals surface area contributed by atoms with E-state index >= 15 is 0 Å². The molecule has 1 aliphatic heterocycles. The van der Waals surface area contributed by atoms with Crippen LogP contribution in [0.5, 0.6) is 0 Å².